The fourth-order valence-corrected chi connectivity index (χ4v) is 4.31. The average molecular weight is 430 g/mol. The fourth-order valence-electron chi connectivity index (χ4n) is 3.45. The lowest BCUT2D eigenvalue weighted by molar-refractivity contribution is 0.0950. The Bertz CT molecular complexity index is 1480. The van der Waals surface area contributed by atoms with Crippen LogP contribution in [-0.2, 0) is 6.42 Å². The summed E-state index contributed by atoms with van der Waals surface area (Å²) >= 11 is 1.51. The van der Waals surface area contributed by atoms with Crippen molar-refractivity contribution >= 4 is 33.2 Å². The smallest absolute Gasteiger partial charge is 0.349 e. The van der Waals surface area contributed by atoms with Gasteiger partial charge in [0, 0.05) is 29.3 Å². The number of benzene rings is 2. The monoisotopic (exact) mass is 430 g/mol. The van der Waals surface area contributed by atoms with Gasteiger partial charge in [-0.3, -0.25) is 4.79 Å². The molecule has 0 fully saturated rings. The van der Waals surface area contributed by atoms with Gasteiger partial charge in [0.2, 0.25) is 4.96 Å². The van der Waals surface area contributed by atoms with Crippen molar-refractivity contribution in [3.63, 3.8) is 0 Å². The number of fused-ring (bicyclic) bond motifs is 2. The zero-order valence-corrected chi connectivity index (χ0v) is 17.5. The normalized spacial score (nSPS) is 11.3. The third-order valence-corrected chi connectivity index (χ3v) is 5.95. The summed E-state index contributed by atoms with van der Waals surface area (Å²) in [6, 6.07) is 16.7. The van der Waals surface area contributed by atoms with Crippen LogP contribution in [0.25, 0.3) is 27.3 Å². The minimum Gasteiger partial charge on any atom is -0.422 e. The van der Waals surface area contributed by atoms with Crippen molar-refractivity contribution in [2.24, 2.45) is 0 Å². The summed E-state index contributed by atoms with van der Waals surface area (Å²) in [6.45, 7) is 2.39. The van der Waals surface area contributed by atoms with E-state index in [1.807, 2.05) is 47.2 Å². The van der Waals surface area contributed by atoms with Crippen LogP contribution in [0.5, 0.6) is 0 Å². The summed E-state index contributed by atoms with van der Waals surface area (Å²) in [5.74, 6) is 0.231. The van der Waals surface area contributed by atoms with Gasteiger partial charge in [-0.2, -0.15) is 4.98 Å². The van der Waals surface area contributed by atoms with Crippen molar-refractivity contribution in [1.82, 2.24) is 19.9 Å². The molecule has 3 aromatic heterocycles. The molecule has 0 radical (unpaired) electrons. The highest BCUT2D eigenvalue weighted by Crippen LogP contribution is 2.23. The maximum absolute atomic E-state index is 12.5. The second-order valence-corrected chi connectivity index (χ2v) is 8.00. The number of para-hydroxylation sites is 1. The highest BCUT2D eigenvalue weighted by Gasteiger charge is 2.15. The van der Waals surface area contributed by atoms with Crippen LogP contribution in [0, 0.1) is 6.92 Å². The largest absolute Gasteiger partial charge is 0.422 e. The third kappa shape index (κ3) is 3.62. The molecule has 154 valence electrons. The van der Waals surface area contributed by atoms with E-state index in [9.17, 15) is 9.59 Å². The molecule has 0 aliphatic carbocycles. The van der Waals surface area contributed by atoms with E-state index in [1.54, 1.807) is 24.3 Å². The molecule has 0 aliphatic rings. The molecule has 7 nitrogen and oxygen atoms in total. The molecule has 0 aliphatic heterocycles. The quantitative estimate of drug-likeness (QED) is 0.428. The SMILES string of the molecule is Cc1ccccc1-c1nc2scc(CCNC(=O)c3cc4ccccc4oc3=O)n2n1. The van der Waals surface area contributed by atoms with Crippen LogP contribution in [0.1, 0.15) is 21.6 Å². The third-order valence-electron chi connectivity index (χ3n) is 5.09. The van der Waals surface area contributed by atoms with E-state index < -0.39 is 11.5 Å². The molecular weight excluding hydrogens is 412 g/mol. The molecule has 8 heteroatoms. The summed E-state index contributed by atoms with van der Waals surface area (Å²) in [6.07, 6.45) is 0.557. The number of rotatable bonds is 5. The first-order valence-electron chi connectivity index (χ1n) is 9.80. The van der Waals surface area contributed by atoms with Gasteiger partial charge >= 0.3 is 5.63 Å². The second kappa shape index (κ2) is 7.81. The Labute approximate surface area is 181 Å². The summed E-state index contributed by atoms with van der Waals surface area (Å²) in [5.41, 5.74) is 2.87. The van der Waals surface area contributed by atoms with E-state index in [0.29, 0.717) is 29.8 Å². The van der Waals surface area contributed by atoms with Crippen molar-refractivity contribution in [3.05, 3.63) is 87.2 Å². The number of hydrogen-bond donors (Lipinski definition) is 1. The summed E-state index contributed by atoms with van der Waals surface area (Å²) < 4.78 is 7.05. The van der Waals surface area contributed by atoms with E-state index in [2.05, 4.69) is 15.4 Å². The molecule has 3 heterocycles. The van der Waals surface area contributed by atoms with E-state index >= 15 is 0 Å². The molecule has 0 unspecified atom stereocenters. The zero-order valence-electron chi connectivity index (χ0n) is 16.7. The first-order chi connectivity index (χ1) is 15.1. The van der Waals surface area contributed by atoms with Gasteiger partial charge in [0.1, 0.15) is 11.1 Å². The van der Waals surface area contributed by atoms with E-state index in [4.69, 9.17) is 4.42 Å². The summed E-state index contributed by atoms with van der Waals surface area (Å²) in [4.78, 5) is 30.1. The predicted molar refractivity (Wildman–Crippen MR) is 120 cm³/mol. The van der Waals surface area contributed by atoms with Gasteiger partial charge in [0.05, 0.1) is 5.69 Å². The number of nitrogens with one attached hydrogen (secondary N) is 1. The fraction of sp³-hybridized carbons (Fsp3) is 0.130. The maximum Gasteiger partial charge on any atom is 0.349 e. The average Bonchev–Trinajstić information content (AvgIpc) is 3.35. The van der Waals surface area contributed by atoms with Gasteiger partial charge in [0.25, 0.3) is 5.91 Å². The van der Waals surface area contributed by atoms with Gasteiger partial charge in [-0.05, 0) is 24.6 Å². The van der Waals surface area contributed by atoms with Gasteiger partial charge in [-0.15, -0.1) is 16.4 Å². The van der Waals surface area contributed by atoms with Crippen molar-refractivity contribution in [3.8, 4) is 11.4 Å². The molecule has 0 atom stereocenters. The zero-order chi connectivity index (χ0) is 21.4. The van der Waals surface area contributed by atoms with Crippen LogP contribution in [0.4, 0.5) is 0 Å². The first kappa shape index (κ1) is 19.2. The van der Waals surface area contributed by atoms with Crippen LogP contribution in [0.3, 0.4) is 0 Å². The van der Waals surface area contributed by atoms with Crippen LogP contribution < -0.4 is 10.9 Å². The standard InChI is InChI=1S/C23H18N4O3S/c1-14-6-2-4-8-17(14)20-25-23-27(26-20)16(13-31-23)10-11-24-21(28)18-12-15-7-3-5-9-19(15)30-22(18)29/h2-9,12-13H,10-11H2,1H3,(H,24,28). The van der Waals surface area contributed by atoms with Crippen LogP contribution in [0.2, 0.25) is 0 Å². The lowest BCUT2D eigenvalue weighted by atomic mass is 10.1. The van der Waals surface area contributed by atoms with Crippen LogP contribution >= 0.6 is 11.3 Å². The number of thiazole rings is 1. The van der Waals surface area contributed by atoms with Crippen molar-refractivity contribution in [2.45, 2.75) is 13.3 Å². The number of aromatic nitrogens is 3. The van der Waals surface area contributed by atoms with Crippen LogP contribution in [0.15, 0.2) is 69.2 Å². The highest BCUT2D eigenvalue weighted by molar-refractivity contribution is 7.15. The molecule has 0 spiro atoms. The number of carbonyl (C=O) groups excluding carboxylic acids is 1. The molecule has 1 amide bonds. The molecule has 5 aromatic rings. The lowest BCUT2D eigenvalue weighted by Crippen LogP contribution is -2.30. The van der Waals surface area contributed by atoms with E-state index in [1.165, 1.54) is 11.3 Å². The van der Waals surface area contributed by atoms with Crippen molar-refractivity contribution < 1.29 is 9.21 Å². The first-order valence-corrected chi connectivity index (χ1v) is 10.7. The molecule has 5 rings (SSSR count). The molecule has 0 saturated heterocycles. The molecule has 1 N–H and O–H groups in total. The Hall–Kier alpha value is -3.78. The number of carbonyl (C=O) groups is 1. The van der Waals surface area contributed by atoms with E-state index in [-0.39, 0.29) is 5.56 Å². The number of nitrogens with zero attached hydrogens (tertiary/aromatic N) is 3. The van der Waals surface area contributed by atoms with Crippen molar-refractivity contribution in [1.29, 1.82) is 0 Å². The number of amides is 1. The minimum atomic E-state index is -0.645. The summed E-state index contributed by atoms with van der Waals surface area (Å²) in [5, 5.41) is 10.1. The Morgan fingerprint density at radius 1 is 1.16 bits per heavy atom. The van der Waals surface area contributed by atoms with Gasteiger partial charge in [-0.1, -0.05) is 42.5 Å². The molecular formula is C23H18N4O3S. The van der Waals surface area contributed by atoms with E-state index in [0.717, 1.165) is 21.8 Å². The number of aryl methyl sites for hydroxylation is 1. The molecule has 31 heavy (non-hydrogen) atoms. The van der Waals surface area contributed by atoms with Crippen molar-refractivity contribution in [2.75, 3.05) is 6.54 Å². The van der Waals surface area contributed by atoms with Gasteiger partial charge in [-0.25, -0.2) is 9.31 Å². The molecule has 0 bridgehead atoms. The molecule has 0 saturated carbocycles. The Balaban J connectivity index is 1.31. The topological polar surface area (TPSA) is 89.5 Å². The maximum atomic E-state index is 12.5. The number of hydrogen-bond acceptors (Lipinski definition) is 6. The molecule has 2 aromatic carbocycles. The minimum absolute atomic E-state index is 0.00300. The highest BCUT2D eigenvalue weighted by atomic mass is 32.1. The van der Waals surface area contributed by atoms with Crippen LogP contribution in [-0.4, -0.2) is 27.0 Å². The predicted octanol–water partition coefficient (Wildman–Crippen LogP) is 3.85. The Morgan fingerprint density at radius 3 is 2.84 bits per heavy atom. The Morgan fingerprint density at radius 2 is 1.97 bits per heavy atom. The second-order valence-electron chi connectivity index (χ2n) is 7.16. The van der Waals surface area contributed by atoms with Gasteiger partial charge in [0.15, 0.2) is 5.82 Å². The Kier molecular flexibility index (Phi) is 4.83. The summed E-state index contributed by atoms with van der Waals surface area (Å²) in [7, 11) is 0. The lowest BCUT2D eigenvalue weighted by Gasteiger charge is -2.05. The van der Waals surface area contributed by atoms with Gasteiger partial charge < -0.3 is 9.73 Å².